The number of benzene rings is 1. The Kier molecular flexibility index (Phi) is 2.09. The van der Waals surface area contributed by atoms with Gasteiger partial charge in [-0.1, -0.05) is 24.3 Å². The van der Waals surface area contributed by atoms with Gasteiger partial charge in [-0.25, -0.2) is 0 Å². The average molecular weight is 173 g/mol. The fourth-order valence-corrected chi connectivity index (χ4v) is 1.84. The SMILES string of the molecule is Cc1ccc2c(c1N)CCCC=C2. The molecular formula is C12H15N. The van der Waals surface area contributed by atoms with Crippen LogP contribution in [0.2, 0.25) is 0 Å². The summed E-state index contributed by atoms with van der Waals surface area (Å²) in [6.07, 6.45) is 7.94. The van der Waals surface area contributed by atoms with Gasteiger partial charge in [-0.2, -0.15) is 0 Å². The van der Waals surface area contributed by atoms with Crippen LogP contribution in [0.15, 0.2) is 18.2 Å². The number of anilines is 1. The van der Waals surface area contributed by atoms with Crippen LogP contribution in [-0.2, 0) is 6.42 Å². The topological polar surface area (TPSA) is 26.0 Å². The van der Waals surface area contributed by atoms with Crippen LogP contribution >= 0.6 is 0 Å². The van der Waals surface area contributed by atoms with Gasteiger partial charge < -0.3 is 5.73 Å². The predicted molar refractivity (Wildman–Crippen MR) is 57.6 cm³/mol. The van der Waals surface area contributed by atoms with Crippen molar-refractivity contribution in [3.05, 3.63) is 34.9 Å². The summed E-state index contributed by atoms with van der Waals surface area (Å²) in [7, 11) is 0. The Balaban J connectivity index is 2.57. The lowest BCUT2D eigenvalue weighted by atomic mass is 9.99. The standard InChI is InChI=1S/C12H15N/c1-9-7-8-10-5-3-2-4-6-11(10)12(9)13/h3,5,7-8H,2,4,6,13H2,1H3. The zero-order valence-corrected chi connectivity index (χ0v) is 8.01. The molecule has 0 saturated carbocycles. The molecule has 1 aliphatic carbocycles. The number of hydrogen-bond acceptors (Lipinski definition) is 1. The number of fused-ring (bicyclic) bond motifs is 1. The lowest BCUT2D eigenvalue weighted by molar-refractivity contribution is 0.852. The molecule has 13 heavy (non-hydrogen) atoms. The third kappa shape index (κ3) is 1.46. The monoisotopic (exact) mass is 173 g/mol. The second kappa shape index (κ2) is 3.25. The minimum absolute atomic E-state index is 0.990. The molecule has 0 heterocycles. The van der Waals surface area contributed by atoms with Gasteiger partial charge in [0.1, 0.15) is 0 Å². The zero-order chi connectivity index (χ0) is 9.26. The third-order valence-electron chi connectivity index (χ3n) is 2.71. The predicted octanol–water partition coefficient (Wildman–Crippen LogP) is 2.93. The maximum absolute atomic E-state index is 6.04. The Morgan fingerprint density at radius 2 is 2.15 bits per heavy atom. The molecule has 0 radical (unpaired) electrons. The molecule has 0 spiro atoms. The number of hydrogen-bond donors (Lipinski definition) is 1. The van der Waals surface area contributed by atoms with Gasteiger partial charge in [0.2, 0.25) is 0 Å². The van der Waals surface area contributed by atoms with E-state index >= 15 is 0 Å². The van der Waals surface area contributed by atoms with Crippen LogP contribution in [-0.4, -0.2) is 0 Å². The molecule has 1 heteroatoms. The molecule has 0 aliphatic heterocycles. The molecule has 0 fully saturated rings. The summed E-state index contributed by atoms with van der Waals surface area (Å²) >= 11 is 0. The molecule has 0 aromatic heterocycles. The van der Waals surface area contributed by atoms with E-state index in [-0.39, 0.29) is 0 Å². The van der Waals surface area contributed by atoms with Crippen molar-refractivity contribution in [2.75, 3.05) is 5.73 Å². The van der Waals surface area contributed by atoms with Crippen molar-refractivity contribution in [3.8, 4) is 0 Å². The van der Waals surface area contributed by atoms with Crippen LogP contribution in [0.4, 0.5) is 5.69 Å². The van der Waals surface area contributed by atoms with Crippen LogP contribution in [0.1, 0.15) is 29.5 Å². The Morgan fingerprint density at radius 3 is 3.00 bits per heavy atom. The second-order valence-corrected chi connectivity index (χ2v) is 3.66. The van der Waals surface area contributed by atoms with Crippen molar-refractivity contribution < 1.29 is 0 Å². The summed E-state index contributed by atoms with van der Waals surface area (Å²) in [6.45, 7) is 2.07. The second-order valence-electron chi connectivity index (χ2n) is 3.66. The molecule has 0 amide bonds. The average Bonchev–Trinajstić information content (AvgIpc) is 2.36. The van der Waals surface area contributed by atoms with Crippen LogP contribution in [0.25, 0.3) is 6.08 Å². The molecule has 68 valence electrons. The quantitative estimate of drug-likeness (QED) is 0.600. The van der Waals surface area contributed by atoms with Gasteiger partial charge in [0.15, 0.2) is 0 Å². The van der Waals surface area contributed by atoms with E-state index < -0.39 is 0 Å². The van der Waals surface area contributed by atoms with Crippen molar-refractivity contribution in [2.24, 2.45) is 0 Å². The lowest BCUT2D eigenvalue weighted by Crippen LogP contribution is -1.99. The molecule has 1 aromatic carbocycles. The van der Waals surface area contributed by atoms with E-state index in [0.29, 0.717) is 0 Å². The Morgan fingerprint density at radius 1 is 1.31 bits per heavy atom. The van der Waals surface area contributed by atoms with Crippen molar-refractivity contribution in [2.45, 2.75) is 26.2 Å². The summed E-state index contributed by atoms with van der Waals surface area (Å²) in [6, 6.07) is 4.27. The first-order valence-corrected chi connectivity index (χ1v) is 4.83. The molecule has 1 aliphatic rings. The smallest absolute Gasteiger partial charge is 0.0382 e. The molecule has 1 nitrogen and oxygen atoms in total. The molecule has 0 saturated heterocycles. The van der Waals surface area contributed by atoms with Crippen molar-refractivity contribution >= 4 is 11.8 Å². The first-order chi connectivity index (χ1) is 6.29. The Hall–Kier alpha value is -1.24. The number of aryl methyl sites for hydroxylation is 1. The van der Waals surface area contributed by atoms with Gasteiger partial charge in [0.25, 0.3) is 0 Å². The summed E-state index contributed by atoms with van der Waals surface area (Å²) in [5.41, 5.74) is 10.9. The van der Waals surface area contributed by atoms with Gasteiger partial charge in [-0.3, -0.25) is 0 Å². The summed E-state index contributed by atoms with van der Waals surface area (Å²) in [4.78, 5) is 0. The maximum Gasteiger partial charge on any atom is 0.0382 e. The lowest BCUT2D eigenvalue weighted by Gasteiger charge is -2.10. The van der Waals surface area contributed by atoms with E-state index in [9.17, 15) is 0 Å². The summed E-state index contributed by atoms with van der Waals surface area (Å²) in [5, 5.41) is 0. The maximum atomic E-state index is 6.04. The van der Waals surface area contributed by atoms with Crippen molar-refractivity contribution in [3.63, 3.8) is 0 Å². The summed E-state index contributed by atoms with van der Waals surface area (Å²) in [5.74, 6) is 0. The highest BCUT2D eigenvalue weighted by atomic mass is 14.6. The molecule has 1 aromatic rings. The molecule has 0 atom stereocenters. The number of rotatable bonds is 0. The zero-order valence-electron chi connectivity index (χ0n) is 8.01. The van der Waals surface area contributed by atoms with E-state index in [1.165, 1.54) is 29.5 Å². The van der Waals surface area contributed by atoms with Gasteiger partial charge >= 0.3 is 0 Å². The van der Waals surface area contributed by atoms with Gasteiger partial charge in [0, 0.05) is 5.69 Å². The molecule has 2 rings (SSSR count). The third-order valence-corrected chi connectivity index (χ3v) is 2.71. The highest BCUT2D eigenvalue weighted by Gasteiger charge is 2.08. The fraction of sp³-hybridized carbons (Fsp3) is 0.333. The fourth-order valence-electron chi connectivity index (χ4n) is 1.84. The van der Waals surface area contributed by atoms with Crippen molar-refractivity contribution in [1.29, 1.82) is 0 Å². The van der Waals surface area contributed by atoms with Crippen molar-refractivity contribution in [1.82, 2.24) is 0 Å². The normalized spacial score (nSPS) is 15.2. The molecule has 2 N–H and O–H groups in total. The Bertz CT molecular complexity index is 350. The van der Waals surface area contributed by atoms with Crippen LogP contribution in [0.5, 0.6) is 0 Å². The van der Waals surface area contributed by atoms with E-state index in [0.717, 1.165) is 12.1 Å². The first kappa shape index (κ1) is 8.36. The van der Waals surface area contributed by atoms with Crippen LogP contribution in [0.3, 0.4) is 0 Å². The van der Waals surface area contributed by atoms with E-state index in [2.05, 4.69) is 31.2 Å². The first-order valence-electron chi connectivity index (χ1n) is 4.83. The van der Waals surface area contributed by atoms with Crippen LogP contribution in [0, 0.1) is 6.92 Å². The Labute approximate surface area is 79.3 Å². The molecular weight excluding hydrogens is 158 g/mol. The van der Waals surface area contributed by atoms with E-state index in [1.54, 1.807) is 0 Å². The minimum atomic E-state index is 0.990. The van der Waals surface area contributed by atoms with E-state index in [4.69, 9.17) is 5.73 Å². The van der Waals surface area contributed by atoms with E-state index in [1.807, 2.05) is 0 Å². The van der Waals surface area contributed by atoms with Gasteiger partial charge in [-0.05, 0) is 42.9 Å². The number of nitrogen functional groups attached to an aromatic ring is 1. The minimum Gasteiger partial charge on any atom is -0.398 e. The highest BCUT2D eigenvalue weighted by molar-refractivity contribution is 5.66. The van der Waals surface area contributed by atoms with Gasteiger partial charge in [-0.15, -0.1) is 0 Å². The number of allylic oxidation sites excluding steroid dienone is 1. The number of nitrogens with two attached hydrogens (primary N) is 1. The van der Waals surface area contributed by atoms with Gasteiger partial charge in [0.05, 0.1) is 0 Å². The largest absolute Gasteiger partial charge is 0.398 e. The molecule has 0 unspecified atom stereocenters. The van der Waals surface area contributed by atoms with Crippen LogP contribution < -0.4 is 5.73 Å². The summed E-state index contributed by atoms with van der Waals surface area (Å²) < 4.78 is 0. The highest BCUT2D eigenvalue weighted by Crippen LogP contribution is 2.26. The molecule has 0 bridgehead atoms.